The summed E-state index contributed by atoms with van der Waals surface area (Å²) in [5.74, 6) is -0.252. The SMILES string of the molecule is CC(C)N(C)C(=O)c1ccc(CNC(=O)Cn2ncc(=O)c3ccccc32)cc1. The molecule has 29 heavy (non-hydrogen) atoms. The lowest BCUT2D eigenvalue weighted by Gasteiger charge is -2.21. The van der Waals surface area contributed by atoms with E-state index in [1.165, 1.54) is 10.9 Å². The van der Waals surface area contributed by atoms with E-state index in [0.29, 0.717) is 23.0 Å². The lowest BCUT2D eigenvalue weighted by molar-refractivity contribution is -0.121. The molecule has 0 radical (unpaired) electrons. The number of aromatic nitrogens is 2. The summed E-state index contributed by atoms with van der Waals surface area (Å²) < 4.78 is 1.51. The topological polar surface area (TPSA) is 84.3 Å². The number of nitrogens with zero attached hydrogens (tertiary/aromatic N) is 3. The first-order valence-corrected chi connectivity index (χ1v) is 9.44. The minimum atomic E-state index is -0.217. The number of rotatable bonds is 6. The van der Waals surface area contributed by atoms with Gasteiger partial charge >= 0.3 is 0 Å². The highest BCUT2D eigenvalue weighted by Crippen LogP contribution is 2.10. The van der Waals surface area contributed by atoms with Crippen LogP contribution in [0.15, 0.2) is 59.5 Å². The number of fused-ring (bicyclic) bond motifs is 1. The molecular weight excluding hydrogens is 368 g/mol. The largest absolute Gasteiger partial charge is 0.350 e. The fraction of sp³-hybridized carbons (Fsp3) is 0.273. The molecule has 1 aromatic heterocycles. The molecule has 2 amide bonds. The fourth-order valence-electron chi connectivity index (χ4n) is 2.88. The van der Waals surface area contributed by atoms with Crippen molar-refractivity contribution in [3.05, 3.63) is 76.1 Å². The summed E-state index contributed by atoms with van der Waals surface area (Å²) in [5, 5.41) is 7.44. The van der Waals surface area contributed by atoms with Crippen LogP contribution in [-0.2, 0) is 17.9 Å². The Hall–Kier alpha value is -3.48. The molecule has 0 atom stereocenters. The molecule has 0 fully saturated rings. The van der Waals surface area contributed by atoms with E-state index >= 15 is 0 Å². The molecule has 3 rings (SSSR count). The second kappa shape index (κ2) is 8.68. The third-order valence-corrected chi connectivity index (χ3v) is 4.84. The highest BCUT2D eigenvalue weighted by Gasteiger charge is 2.14. The van der Waals surface area contributed by atoms with E-state index in [-0.39, 0.29) is 29.8 Å². The molecule has 150 valence electrons. The Labute approximate surface area is 169 Å². The molecule has 0 bridgehead atoms. The van der Waals surface area contributed by atoms with E-state index < -0.39 is 0 Å². The first kappa shape index (κ1) is 20.3. The van der Waals surface area contributed by atoms with Crippen molar-refractivity contribution < 1.29 is 9.59 Å². The zero-order chi connectivity index (χ0) is 21.0. The van der Waals surface area contributed by atoms with Gasteiger partial charge in [0.05, 0.1) is 11.7 Å². The summed E-state index contributed by atoms with van der Waals surface area (Å²) in [6, 6.07) is 14.4. The monoisotopic (exact) mass is 392 g/mol. The van der Waals surface area contributed by atoms with Crippen LogP contribution in [0.4, 0.5) is 0 Å². The average Bonchev–Trinajstić information content (AvgIpc) is 2.73. The van der Waals surface area contributed by atoms with Crippen LogP contribution in [0.2, 0.25) is 0 Å². The maximum Gasteiger partial charge on any atom is 0.253 e. The molecule has 7 heteroatoms. The van der Waals surface area contributed by atoms with E-state index in [9.17, 15) is 14.4 Å². The van der Waals surface area contributed by atoms with Crippen LogP contribution in [-0.4, -0.2) is 39.6 Å². The van der Waals surface area contributed by atoms with Gasteiger partial charge in [0.1, 0.15) is 6.54 Å². The molecule has 0 saturated carbocycles. The maximum absolute atomic E-state index is 12.3. The number of carbonyl (C=O) groups is 2. The van der Waals surface area contributed by atoms with Crippen LogP contribution in [0.25, 0.3) is 10.9 Å². The van der Waals surface area contributed by atoms with E-state index in [1.54, 1.807) is 48.3 Å². The van der Waals surface area contributed by atoms with Crippen molar-refractivity contribution >= 4 is 22.7 Å². The number of amides is 2. The number of hydrogen-bond acceptors (Lipinski definition) is 4. The van der Waals surface area contributed by atoms with Gasteiger partial charge in [-0.05, 0) is 43.7 Å². The van der Waals surface area contributed by atoms with Gasteiger partial charge < -0.3 is 10.2 Å². The smallest absolute Gasteiger partial charge is 0.253 e. The second-order valence-corrected chi connectivity index (χ2v) is 7.17. The summed E-state index contributed by atoms with van der Waals surface area (Å²) in [5.41, 5.74) is 1.95. The number of hydrogen-bond donors (Lipinski definition) is 1. The summed E-state index contributed by atoms with van der Waals surface area (Å²) in [6.45, 7) is 4.27. The molecule has 7 nitrogen and oxygen atoms in total. The number of carbonyl (C=O) groups excluding carboxylic acids is 2. The summed E-state index contributed by atoms with van der Waals surface area (Å²) in [7, 11) is 1.77. The zero-order valence-corrected chi connectivity index (χ0v) is 16.8. The predicted octanol–water partition coefficient (Wildman–Crippen LogP) is 2.19. The number of para-hydroxylation sites is 1. The lowest BCUT2D eigenvalue weighted by atomic mass is 10.1. The normalized spacial score (nSPS) is 10.9. The van der Waals surface area contributed by atoms with Gasteiger partial charge in [-0.15, -0.1) is 0 Å². The molecule has 0 spiro atoms. The Bertz CT molecular complexity index is 1090. The van der Waals surface area contributed by atoms with Crippen molar-refractivity contribution in [2.24, 2.45) is 0 Å². The Balaban J connectivity index is 1.62. The van der Waals surface area contributed by atoms with Gasteiger partial charge in [-0.25, -0.2) is 0 Å². The van der Waals surface area contributed by atoms with Crippen LogP contribution in [0, 0.1) is 0 Å². The molecule has 3 aromatic rings. The van der Waals surface area contributed by atoms with Crippen molar-refractivity contribution in [1.82, 2.24) is 20.0 Å². The second-order valence-electron chi connectivity index (χ2n) is 7.17. The Kier molecular flexibility index (Phi) is 6.07. The first-order valence-electron chi connectivity index (χ1n) is 9.44. The minimum absolute atomic E-state index is 0.0105. The molecule has 0 aliphatic rings. The predicted molar refractivity (Wildman–Crippen MR) is 112 cm³/mol. The number of benzene rings is 2. The molecular formula is C22H24N4O3. The third kappa shape index (κ3) is 4.68. The number of nitrogens with one attached hydrogen (secondary N) is 1. The Morgan fingerprint density at radius 3 is 2.48 bits per heavy atom. The van der Waals surface area contributed by atoms with Gasteiger partial charge in [-0.1, -0.05) is 24.3 Å². The van der Waals surface area contributed by atoms with Crippen molar-refractivity contribution in [3.63, 3.8) is 0 Å². The van der Waals surface area contributed by atoms with Crippen LogP contribution >= 0.6 is 0 Å². The summed E-state index contributed by atoms with van der Waals surface area (Å²) in [6.07, 6.45) is 1.22. The standard InChI is InChI=1S/C22H24N4O3/c1-15(2)25(3)22(29)17-10-8-16(9-11-17)12-23-21(28)14-26-19-7-5-4-6-18(19)20(27)13-24-26/h4-11,13,15H,12,14H2,1-3H3,(H,23,28). The van der Waals surface area contributed by atoms with Gasteiger partial charge in [0.25, 0.3) is 5.91 Å². The van der Waals surface area contributed by atoms with E-state index in [4.69, 9.17) is 0 Å². The van der Waals surface area contributed by atoms with E-state index in [1.807, 2.05) is 26.0 Å². The highest BCUT2D eigenvalue weighted by atomic mass is 16.2. The van der Waals surface area contributed by atoms with Crippen molar-refractivity contribution in [2.45, 2.75) is 33.0 Å². The van der Waals surface area contributed by atoms with Crippen LogP contribution in [0.1, 0.15) is 29.8 Å². The van der Waals surface area contributed by atoms with Crippen molar-refractivity contribution in [2.75, 3.05) is 7.05 Å². The quantitative estimate of drug-likeness (QED) is 0.697. The van der Waals surface area contributed by atoms with E-state index in [2.05, 4.69) is 10.4 Å². The average molecular weight is 392 g/mol. The highest BCUT2D eigenvalue weighted by molar-refractivity contribution is 5.94. The van der Waals surface area contributed by atoms with Gasteiger partial charge in [0.2, 0.25) is 11.3 Å². The van der Waals surface area contributed by atoms with Crippen molar-refractivity contribution in [3.8, 4) is 0 Å². The molecule has 0 saturated heterocycles. The molecule has 0 aliphatic heterocycles. The van der Waals surface area contributed by atoms with Gasteiger partial charge in [-0.3, -0.25) is 19.1 Å². The van der Waals surface area contributed by atoms with Crippen LogP contribution in [0.3, 0.4) is 0 Å². The Morgan fingerprint density at radius 1 is 1.10 bits per heavy atom. The van der Waals surface area contributed by atoms with Crippen LogP contribution in [0.5, 0.6) is 0 Å². The summed E-state index contributed by atoms with van der Waals surface area (Å²) >= 11 is 0. The lowest BCUT2D eigenvalue weighted by Crippen LogP contribution is -2.33. The Morgan fingerprint density at radius 2 is 1.79 bits per heavy atom. The van der Waals surface area contributed by atoms with Gasteiger partial charge in [0, 0.05) is 30.6 Å². The van der Waals surface area contributed by atoms with E-state index in [0.717, 1.165) is 5.56 Å². The first-order chi connectivity index (χ1) is 13.9. The molecule has 0 aliphatic carbocycles. The van der Waals surface area contributed by atoms with Gasteiger partial charge in [0.15, 0.2) is 0 Å². The molecule has 0 unspecified atom stereocenters. The van der Waals surface area contributed by atoms with Crippen molar-refractivity contribution in [1.29, 1.82) is 0 Å². The fourth-order valence-corrected chi connectivity index (χ4v) is 2.88. The molecule has 2 aromatic carbocycles. The third-order valence-electron chi connectivity index (χ3n) is 4.84. The summed E-state index contributed by atoms with van der Waals surface area (Å²) in [4.78, 5) is 38.2. The maximum atomic E-state index is 12.3. The molecule has 1 heterocycles. The van der Waals surface area contributed by atoms with Crippen LogP contribution < -0.4 is 10.7 Å². The minimum Gasteiger partial charge on any atom is -0.350 e. The van der Waals surface area contributed by atoms with Gasteiger partial charge in [-0.2, -0.15) is 5.10 Å². The molecule has 1 N–H and O–H groups in total. The zero-order valence-electron chi connectivity index (χ0n) is 16.8.